The predicted octanol–water partition coefficient (Wildman–Crippen LogP) is 0.643. The molecule has 0 radical (unpaired) electrons. The van der Waals surface area contributed by atoms with Gasteiger partial charge < -0.3 is 10.6 Å². The van der Waals surface area contributed by atoms with Gasteiger partial charge in [-0.2, -0.15) is 5.26 Å². The molecular weight excluding hydrogens is 200 g/mol. The van der Waals surface area contributed by atoms with Crippen LogP contribution in [-0.2, 0) is 0 Å². The first-order chi connectivity index (χ1) is 7.48. The Morgan fingerprint density at radius 1 is 1.62 bits per heavy atom. The van der Waals surface area contributed by atoms with Crippen molar-refractivity contribution in [2.45, 2.75) is 38.3 Å². The van der Waals surface area contributed by atoms with Gasteiger partial charge in [0.15, 0.2) is 0 Å². The van der Waals surface area contributed by atoms with E-state index in [1.54, 1.807) is 6.92 Å². The molecule has 2 unspecified atom stereocenters. The van der Waals surface area contributed by atoms with Crippen LogP contribution in [-0.4, -0.2) is 54.6 Å². The number of likely N-dealkylation sites (N-methyl/N-ethyl adjacent to an activating group) is 2. The van der Waals surface area contributed by atoms with Crippen LogP contribution in [0.3, 0.4) is 0 Å². The van der Waals surface area contributed by atoms with Crippen molar-refractivity contribution in [1.82, 2.24) is 9.80 Å². The first-order valence-corrected chi connectivity index (χ1v) is 6.11. The van der Waals surface area contributed by atoms with Gasteiger partial charge in [0, 0.05) is 19.1 Å². The third kappa shape index (κ3) is 3.75. The van der Waals surface area contributed by atoms with Crippen molar-refractivity contribution >= 4 is 0 Å². The smallest absolute Gasteiger partial charge is 0.114 e. The molecular formula is C12H24N4. The molecule has 16 heavy (non-hydrogen) atoms. The van der Waals surface area contributed by atoms with Crippen LogP contribution in [0.4, 0.5) is 0 Å². The first kappa shape index (κ1) is 13.4. The van der Waals surface area contributed by atoms with Crippen molar-refractivity contribution in [1.29, 1.82) is 5.26 Å². The Bertz CT molecular complexity index is 256. The molecule has 0 bridgehead atoms. The van der Waals surface area contributed by atoms with Crippen molar-refractivity contribution in [2.75, 3.05) is 33.2 Å². The zero-order valence-corrected chi connectivity index (χ0v) is 10.7. The molecule has 1 fully saturated rings. The Labute approximate surface area is 99.0 Å². The van der Waals surface area contributed by atoms with E-state index in [1.807, 2.05) is 0 Å². The van der Waals surface area contributed by atoms with Crippen LogP contribution in [0.2, 0.25) is 0 Å². The number of hydrogen-bond acceptors (Lipinski definition) is 4. The highest BCUT2D eigenvalue weighted by atomic mass is 15.2. The maximum atomic E-state index is 8.89. The Hall–Kier alpha value is -0.630. The summed E-state index contributed by atoms with van der Waals surface area (Å²) in [6, 6.07) is 2.79. The van der Waals surface area contributed by atoms with Crippen LogP contribution < -0.4 is 5.73 Å². The van der Waals surface area contributed by atoms with Gasteiger partial charge in [0.05, 0.1) is 6.07 Å². The van der Waals surface area contributed by atoms with Gasteiger partial charge in [-0.3, -0.25) is 4.90 Å². The lowest BCUT2D eigenvalue weighted by Crippen LogP contribution is -2.48. The molecule has 1 heterocycles. The largest absolute Gasteiger partial charge is 0.313 e. The summed E-state index contributed by atoms with van der Waals surface area (Å²) < 4.78 is 0. The van der Waals surface area contributed by atoms with E-state index in [0.717, 1.165) is 13.1 Å². The number of likely N-dealkylation sites (tertiary alicyclic amines) is 1. The van der Waals surface area contributed by atoms with E-state index in [-0.39, 0.29) is 0 Å². The molecule has 4 nitrogen and oxygen atoms in total. The second-order valence-electron chi connectivity index (χ2n) is 5.15. The van der Waals surface area contributed by atoms with Crippen LogP contribution in [0.1, 0.15) is 26.7 Å². The molecule has 1 rings (SSSR count). The van der Waals surface area contributed by atoms with Crippen LogP contribution in [0, 0.1) is 11.3 Å². The predicted molar refractivity (Wildman–Crippen MR) is 66.0 cm³/mol. The van der Waals surface area contributed by atoms with Gasteiger partial charge in [0.25, 0.3) is 0 Å². The summed E-state index contributed by atoms with van der Waals surface area (Å²) >= 11 is 0. The standard InChI is InChI=1S/C12H24N4/c1-4-16-7-5-6-11(16)8-15(3)10-12(2,14)9-13/h11H,4-8,10,14H2,1-3H3. The highest BCUT2D eigenvalue weighted by Gasteiger charge is 2.26. The molecule has 0 saturated carbocycles. The van der Waals surface area contributed by atoms with Gasteiger partial charge in [-0.25, -0.2) is 0 Å². The monoisotopic (exact) mass is 224 g/mol. The Balaban J connectivity index is 2.40. The van der Waals surface area contributed by atoms with E-state index in [1.165, 1.54) is 19.4 Å². The summed E-state index contributed by atoms with van der Waals surface area (Å²) in [5.41, 5.74) is 5.11. The highest BCUT2D eigenvalue weighted by Crippen LogP contribution is 2.17. The van der Waals surface area contributed by atoms with Gasteiger partial charge in [0.1, 0.15) is 5.54 Å². The molecule has 0 aliphatic carbocycles. The van der Waals surface area contributed by atoms with Gasteiger partial charge in [-0.15, -0.1) is 0 Å². The molecule has 4 heteroatoms. The minimum Gasteiger partial charge on any atom is -0.313 e. The molecule has 92 valence electrons. The lowest BCUT2D eigenvalue weighted by Gasteiger charge is -2.30. The average Bonchev–Trinajstić information content (AvgIpc) is 2.64. The third-order valence-electron chi connectivity index (χ3n) is 3.28. The fourth-order valence-electron chi connectivity index (χ4n) is 2.54. The first-order valence-electron chi connectivity index (χ1n) is 6.11. The zero-order chi connectivity index (χ0) is 12.2. The molecule has 0 aromatic rings. The summed E-state index contributed by atoms with van der Waals surface area (Å²) in [5.74, 6) is 0. The van der Waals surface area contributed by atoms with E-state index in [0.29, 0.717) is 12.6 Å². The zero-order valence-electron chi connectivity index (χ0n) is 10.7. The molecule has 0 amide bonds. The number of nitrogens with two attached hydrogens (primary N) is 1. The normalized spacial score (nSPS) is 25.6. The van der Waals surface area contributed by atoms with Gasteiger partial charge in [0.2, 0.25) is 0 Å². The highest BCUT2D eigenvalue weighted by molar-refractivity contribution is 5.03. The lowest BCUT2D eigenvalue weighted by molar-refractivity contribution is 0.187. The number of rotatable bonds is 5. The van der Waals surface area contributed by atoms with Crippen LogP contribution >= 0.6 is 0 Å². The summed E-state index contributed by atoms with van der Waals surface area (Å²) in [6.07, 6.45) is 2.57. The Morgan fingerprint density at radius 3 is 2.88 bits per heavy atom. The van der Waals surface area contributed by atoms with E-state index in [2.05, 4.69) is 29.8 Å². The van der Waals surface area contributed by atoms with Crippen molar-refractivity contribution in [3.05, 3.63) is 0 Å². The SMILES string of the molecule is CCN1CCCC1CN(C)CC(C)(N)C#N. The Morgan fingerprint density at radius 2 is 2.31 bits per heavy atom. The summed E-state index contributed by atoms with van der Waals surface area (Å²) in [4.78, 5) is 4.69. The molecule has 1 aliphatic rings. The van der Waals surface area contributed by atoms with Crippen molar-refractivity contribution in [3.8, 4) is 6.07 Å². The minimum atomic E-state index is -0.732. The molecule has 2 N–H and O–H groups in total. The maximum Gasteiger partial charge on any atom is 0.114 e. The fraction of sp³-hybridized carbons (Fsp3) is 0.917. The van der Waals surface area contributed by atoms with Gasteiger partial charge in [-0.1, -0.05) is 6.92 Å². The number of hydrogen-bond donors (Lipinski definition) is 1. The minimum absolute atomic E-state index is 0.636. The number of nitriles is 1. The number of nitrogens with zero attached hydrogens (tertiary/aromatic N) is 3. The van der Waals surface area contributed by atoms with Crippen molar-refractivity contribution in [3.63, 3.8) is 0 Å². The summed E-state index contributed by atoms with van der Waals surface area (Å²) in [5, 5.41) is 8.89. The van der Waals surface area contributed by atoms with Crippen LogP contribution in [0.25, 0.3) is 0 Å². The lowest BCUT2D eigenvalue weighted by atomic mass is 10.1. The summed E-state index contributed by atoms with van der Waals surface area (Å²) in [7, 11) is 2.05. The average molecular weight is 224 g/mol. The van der Waals surface area contributed by atoms with E-state index in [4.69, 9.17) is 11.0 Å². The molecule has 1 saturated heterocycles. The van der Waals surface area contributed by atoms with E-state index in [9.17, 15) is 0 Å². The third-order valence-corrected chi connectivity index (χ3v) is 3.28. The molecule has 1 aliphatic heterocycles. The quantitative estimate of drug-likeness (QED) is 0.745. The van der Waals surface area contributed by atoms with Gasteiger partial charge in [-0.05, 0) is 39.9 Å². The van der Waals surface area contributed by atoms with Crippen LogP contribution in [0.15, 0.2) is 0 Å². The second kappa shape index (κ2) is 5.62. The summed E-state index contributed by atoms with van der Waals surface area (Å²) in [6.45, 7) is 7.99. The van der Waals surface area contributed by atoms with Crippen LogP contribution in [0.5, 0.6) is 0 Å². The maximum absolute atomic E-state index is 8.89. The second-order valence-corrected chi connectivity index (χ2v) is 5.15. The molecule has 0 spiro atoms. The molecule has 0 aromatic heterocycles. The van der Waals surface area contributed by atoms with Crippen molar-refractivity contribution in [2.24, 2.45) is 5.73 Å². The fourth-order valence-corrected chi connectivity index (χ4v) is 2.54. The van der Waals surface area contributed by atoms with Gasteiger partial charge >= 0.3 is 0 Å². The van der Waals surface area contributed by atoms with E-state index >= 15 is 0 Å². The topological polar surface area (TPSA) is 56.3 Å². The molecule has 0 aromatic carbocycles. The Kier molecular flexibility index (Phi) is 4.72. The van der Waals surface area contributed by atoms with E-state index < -0.39 is 5.54 Å². The van der Waals surface area contributed by atoms with Crippen molar-refractivity contribution < 1.29 is 0 Å². The molecule has 2 atom stereocenters.